The van der Waals surface area contributed by atoms with Crippen molar-refractivity contribution >= 4 is 0 Å². The fourth-order valence-corrected chi connectivity index (χ4v) is 3.12. The van der Waals surface area contributed by atoms with E-state index in [-0.39, 0.29) is 31.4 Å². The summed E-state index contributed by atoms with van der Waals surface area (Å²) in [4.78, 5) is 0. The molecule has 0 amide bonds. The molecule has 1 aliphatic rings. The van der Waals surface area contributed by atoms with E-state index in [0.29, 0.717) is 6.92 Å². The average molecular weight is 360 g/mol. The molecule has 0 heterocycles. The maximum atomic E-state index is 13.5. The summed E-state index contributed by atoms with van der Waals surface area (Å²) >= 11 is 0. The molecule has 1 aliphatic carbocycles. The predicted octanol–water partition coefficient (Wildman–Crippen LogP) is 5.14. The molecule has 0 aliphatic heterocycles. The quantitative estimate of drug-likeness (QED) is 0.418. The SMILES string of the molecule is C=CC(=C)OC(C)(C1CCC(C(C)(O)C(F)(F)F)CC1)C(F)(F)F. The molecular weight excluding hydrogens is 338 g/mol. The first kappa shape index (κ1) is 20.9. The van der Waals surface area contributed by atoms with Crippen molar-refractivity contribution in [3.8, 4) is 0 Å². The number of alkyl halides is 6. The van der Waals surface area contributed by atoms with Crippen molar-refractivity contribution in [3.63, 3.8) is 0 Å². The Morgan fingerprint density at radius 1 is 0.958 bits per heavy atom. The summed E-state index contributed by atoms with van der Waals surface area (Å²) in [7, 11) is 0. The van der Waals surface area contributed by atoms with Gasteiger partial charge < -0.3 is 9.84 Å². The molecule has 2 unspecified atom stereocenters. The van der Waals surface area contributed by atoms with Crippen LogP contribution in [0.25, 0.3) is 0 Å². The van der Waals surface area contributed by atoms with Gasteiger partial charge in [-0.05, 0) is 51.5 Å². The zero-order valence-corrected chi connectivity index (χ0v) is 13.6. The highest BCUT2D eigenvalue weighted by Gasteiger charge is 2.61. The van der Waals surface area contributed by atoms with Crippen molar-refractivity contribution in [2.75, 3.05) is 0 Å². The lowest BCUT2D eigenvalue weighted by Gasteiger charge is -2.45. The van der Waals surface area contributed by atoms with Crippen LogP contribution < -0.4 is 0 Å². The lowest BCUT2D eigenvalue weighted by molar-refractivity contribution is -0.291. The van der Waals surface area contributed by atoms with E-state index in [1.165, 1.54) is 0 Å². The maximum absolute atomic E-state index is 13.5. The molecule has 2 nitrogen and oxygen atoms in total. The van der Waals surface area contributed by atoms with Crippen LogP contribution in [0.3, 0.4) is 0 Å². The van der Waals surface area contributed by atoms with Crippen LogP contribution in [-0.2, 0) is 4.74 Å². The topological polar surface area (TPSA) is 29.5 Å². The molecule has 1 N–H and O–H groups in total. The fraction of sp³-hybridized carbons (Fsp3) is 0.750. The van der Waals surface area contributed by atoms with Gasteiger partial charge in [-0.1, -0.05) is 13.2 Å². The summed E-state index contributed by atoms with van der Waals surface area (Å²) in [6.45, 7) is 8.15. The summed E-state index contributed by atoms with van der Waals surface area (Å²) in [5.41, 5.74) is -5.48. The van der Waals surface area contributed by atoms with Gasteiger partial charge in [-0.15, -0.1) is 0 Å². The highest BCUT2D eigenvalue weighted by molar-refractivity contribution is 5.07. The summed E-state index contributed by atoms with van der Waals surface area (Å²) in [5.74, 6) is -2.43. The van der Waals surface area contributed by atoms with E-state index in [4.69, 9.17) is 4.74 Å². The lowest BCUT2D eigenvalue weighted by Crippen LogP contribution is -2.54. The number of hydrogen-bond acceptors (Lipinski definition) is 2. The van der Waals surface area contributed by atoms with E-state index >= 15 is 0 Å². The van der Waals surface area contributed by atoms with Gasteiger partial charge in [0.05, 0.1) is 0 Å². The van der Waals surface area contributed by atoms with E-state index in [0.717, 1.165) is 13.0 Å². The Morgan fingerprint density at radius 2 is 1.38 bits per heavy atom. The monoisotopic (exact) mass is 360 g/mol. The Morgan fingerprint density at radius 3 is 1.71 bits per heavy atom. The van der Waals surface area contributed by atoms with Gasteiger partial charge >= 0.3 is 12.4 Å². The van der Waals surface area contributed by atoms with Crippen molar-refractivity contribution in [3.05, 3.63) is 25.0 Å². The summed E-state index contributed by atoms with van der Waals surface area (Å²) in [5, 5.41) is 9.70. The molecule has 0 radical (unpaired) electrons. The van der Waals surface area contributed by atoms with Gasteiger partial charge in [-0.3, -0.25) is 0 Å². The zero-order valence-electron chi connectivity index (χ0n) is 13.6. The smallest absolute Gasteiger partial charge is 0.428 e. The van der Waals surface area contributed by atoms with Gasteiger partial charge in [-0.25, -0.2) is 0 Å². The Hall–Kier alpha value is -1.18. The van der Waals surface area contributed by atoms with Crippen LogP contribution in [0.15, 0.2) is 25.0 Å². The molecule has 1 rings (SSSR count). The molecule has 140 valence electrons. The summed E-state index contributed by atoms with van der Waals surface area (Å²) < 4.78 is 84.0. The second-order valence-electron chi connectivity index (χ2n) is 6.57. The Balaban J connectivity index is 2.94. The van der Waals surface area contributed by atoms with E-state index in [9.17, 15) is 31.4 Å². The average Bonchev–Trinajstić information content (AvgIpc) is 2.44. The summed E-state index contributed by atoms with van der Waals surface area (Å²) in [6.07, 6.45) is -9.13. The number of halogens is 6. The van der Waals surface area contributed by atoms with Crippen molar-refractivity contribution in [2.24, 2.45) is 11.8 Å². The molecule has 8 heteroatoms. The van der Waals surface area contributed by atoms with E-state index < -0.39 is 35.4 Å². The molecule has 1 saturated carbocycles. The molecule has 0 saturated heterocycles. The largest absolute Gasteiger partial charge is 0.478 e. The van der Waals surface area contributed by atoms with Crippen molar-refractivity contribution in [1.82, 2.24) is 0 Å². The van der Waals surface area contributed by atoms with E-state index in [1.807, 2.05) is 0 Å². The number of rotatable bonds is 5. The van der Waals surface area contributed by atoms with Crippen molar-refractivity contribution in [1.29, 1.82) is 0 Å². The highest BCUT2D eigenvalue weighted by atomic mass is 19.4. The van der Waals surface area contributed by atoms with Crippen molar-refractivity contribution in [2.45, 2.75) is 63.1 Å². The molecular formula is C16H22F6O2. The first-order valence-corrected chi connectivity index (χ1v) is 7.53. The van der Waals surface area contributed by atoms with Crippen molar-refractivity contribution < 1.29 is 36.2 Å². The fourth-order valence-electron chi connectivity index (χ4n) is 3.12. The molecule has 0 spiro atoms. The van der Waals surface area contributed by atoms with Crippen LogP contribution >= 0.6 is 0 Å². The lowest BCUT2D eigenvalue weighted by atomic mass is 9.69. The first-order chi connectivity index (χ1) is 10.7. The van der Waals surface area contributed by atoms with Crippen LogP contribution in [0.1, 0.15) is 39.5 Å². The van der Waals surface area contributed by atoms with Crippen LogP contribution in [0.4, 0.5) is 26.3 Å². The highest BCUT2D eigenvalue weighted by Crippen LogP contribution is 2.50. The minimum atomic E-state index is -4.83. The van der Waals surface area contributed by atoms with Gasteiger partial charge in [0.2, 0.25) is 5.60 Å². The third kappa shape index (κ3) is 3.90. The van der Waals surface area contributed by atoms with Gasteiger partial charge in [-0.2, -0.15) is 26.3 Å². The van der Waals surface area contributed by atoms with Crippen LogP contribution in [0, 0.1) is 11.8 Å². The number of allylic oxidation sites excluding steroid dienone is 1. The van der Waals surface area contributed by atoms with Gasteiger partial charge in [0.25, 0.3) is 0 Å². The van der Waals surface area contributed by atoms with Crippen LogP contribution in [-0.4, -0.2) is 28.7 Å². The zero-order chi connectivity index (χ0) is 19.0. The van der Waals surface area contributed by atoms with Gasteiger partial charge in [0.1, 0.15) is 5.76 Å². The maximum Gasteiger partial charge on any atom is 0.428 e. The minimum Gasteiger partial charge on any atom is -0.478 e. The van der Waals surface area contributed by atoms with Gasteiger partial charge in [0.15, 0.2) is 5.60 Å². The summed E-state index contributed by atoms with van der Waals surface area (Å²) in [6, 6.07) is 0. The van der Waals surface area contributed by atoms with Gasteiger partial charge in [0, 0.05) is 5.92 Å². The molecule has 2 atom stereocenters. The third-order valence-corrected chi connectivity index (χ3v) is 5.01. The molecule has 0 aromatic carbocycles. The van der Waals surface area contributed by atoms with Crippen LogP contribution in [0.5, 0.6) is 0 Å². The second-order valence-corrected chi connectivity index (χ2v) is 6.57. The van der Waals surface area contributed by atoms with Crippen LogP contribution in [0.2, 0.25) is 0 Å². The normalized spacial score (nSPS) is 27.7. The Labute approximate surface area is 137 Å². The number of hydrogen-bond donors (Lipinski definition) is 1. The van der Waals surface area contributed by atoms with E-state index in [2.05, 4.69) is 13.2 Å². The number of aliphatic hydroxyl groups is 1. The molecule has 1 fully saturated rings. The first-order valence-electron chi connectivity index (χ1n) is 7.53. The minimum absolute atomic E-state index is 0.142. The Kier molecular flexibility index (Phi) is 5.75. The molecule has 0 aromatic heterocycles. The molecule has 24 heavy (non-hydrogen) atoms. The molecule has 0 aromatic rings. The second kappa shape index (κ2) is 6.61. The van der Waals surface area contributed by atoms with E-state index in [1.54, 1.807) is 0 Å². The predicted molar refractivity (Wildman–Crippen MR) is 77.0 cm³/mol. The number of ether oxygens (including phenoxy) is 1. The molecule has 0 bridgehead atoms. The third-order valence-electron chi connectivity index (χ3n) is 5.01. The standard InChI is InChI=1S/C16H22F6O2/c1-5-10(2)24-14(4,16(20,21)22)12-8-6-11(7-9-12)13(3,23)15(17,18)19/h5,11-12,23H,1-2,6-9H2,3-4H3. The Bertz CT molecular complexity index is 472.